The molecule has 6 nitrogen and oxygen atoms in total. The lowest BCUT2D eigenvalue weighted by molar-refractivity contribution is -0.148. The number of amides is 1. The molecule has 1 amide bonds. The number of nitrogens with zero attached hydrogens (tertiary/aromatic N) is 1. The van der Waals surface area contributed by atoms with E-state index in [0.29, 0.717) is 31.6 Å². The Balaban J connectivity index is 1.62. The van der Waals surface area contributed by atoms with E-state index in [-0.39, 0.29) is 5.91 Å². The second-order valence-corrected chi connectivity index (χ2v) is 6.99. The van der Waals surface area contributed by atoms with Gasteiger partial charge in [-0.1, -0.05) is 18.6 Å². The molecule has 6 heteroatoms. The monoisotopic (exact) mass is 346 g/mol. The minimum atomic E-state index is -1.22. The molecule has 2 saturated heterocycles. The molecule has 1 aromatic rings. The fourth-order valence-corrected chi connectivity index (χ4v) is 3.54. The minimum Gasteiger partial charge on any atom is -0.480 e. The predicted octanol–water partition coefficient (Wildman–Crippen LogP) is 2.04. The molecule has 0 aliphatic carbocycles. The molecule has 0 atom stereocenters. The summed E-state index contributed by atoms with van der Waals surface area (Å²) in [5.74, 6) is -1.33. The van der Waals surface area contributed by atoms with E-state index < -0.39 is 11.5 Å². The van der Waals surface area contributed by atoms with E-state index in [9.17, 15) is 14.7 Å². The summed E-state index contributed by atoms with van der Waals surface area (Å²) in [5.41, 5.74) is 0.453. The molecular weight excluding hydrogens is 320 g/mol. The highest BCUT2D eigenvalue weighted by Gasteiger charge is 2.41. The van der Waals surface area contributed by atoms with Crippen LogP contribution in [0.3, 0.4) is 0 Å². The zero-order valence-electron chi connectivity index (χ0n) is 14.5. The van der Waals surface area contributed by atoms with Gasteiger partial charge in [0, 0.05) is 38.2 Å². The van der Waals surface area contributed by atoms with E-state index in [1.54, 1.807) is 12.1 Å². The van der Waals surface area contributed by atoms with Gasteiger partial charge in [-0.3, -0.25) is 9.69 Å². The molecule has 0 unspecified atom stereocenters. The van der Waals surface area contributed by atoms with E-state index in [2.05, 4.69) is 10.2 Å². The highest BCUT2D eigenvalue weighted by molar-refractivity contribution is 5.97. The molecule has 0 aromatic heterocycles. The van der Waals surface area contributed by atoms with E-state index in [0.717, 1.165) is 19.6 Å². The lowest BCUT2D eigenvalue weighted by atomic mass is 9.89. The molecule has 0 radical (unpaired) electrons. The summed E-state index contributed by atoms with van der Waals surface area (Å²) in [7, 11) is 0. The van der Waals surface area contributed by atoms with Crippen molar-refractivity contribution in [2.45, 2.75) is 44.2 Å². The van der Waals surface area contributed by atoms with Crippen LogP contribution < -0.4 is 5.32 Å². The van der Waals surface area contributed by atoms with Crippen molar-refractivity contribution in [3.63, 3.8) is 0 Å². The molecule has 2 heterocycles. The minimum absolute atomic E-state index is 0.293. The van der Waals surface area contributed by atoms with Crippen LogP contribution in [0.4, 0.5) is 0 Å². The Kier molecular flexibility index (Phi) is 5.71. The number of carbonyl (C=O) groups excluding carboxylic acids is 1. The van der Waals surface area contributed by atoms with E-state index in [4.69, 9.17) is 4.74 Å². The molecule has 2 aliphatic rings. The van der Waals surface area contributed by atoms with Crippen LogP contribution >= 0.6 is 0 Å². The van der Waals surface area contributed by atoms with Gasteiger partial charge in [-0.2, -0.15) is 0 Å². The van der Waals surface area contributed by atoms with Crippen molar-refractivity contribution in [1.82, 2.24) is 10.2 Å². The number of hydrogen-bond acceptors (Lipinski definition) is 4. The zero-order chi connectivity index (χ0) is 17.7. The summed E-state index contributed by atoms with van der Waals surface area (Å²) in [6.07, 6.45) is 4.40. The molecule has 1 aromatic carbocycles. The van der Waals surface area contributed by atoms with Crippen molar-refractivity contribution in [1.29, 1.82) is 0 Å². The number of carboxylic acid groups (broad SMARTS) is 1. The number of likely N-dealkylation sites (tertiary alicyclic amines) is 1. The Morgan fingerprint density at radius 1 is 1.08 bits per heavy atom. The van der Waals surface area contributed by atoms with E-state index in [1.165, 1.54) is 24.8 Å². The highest BCUT2D eigenvalue weighted by atomic mass is 16.5. The van der Waals surface area contributed by atoms with Gasteiger partial charge in [-0.25, -0.2) is 4.79 Å². The van der Waals surface area contributed by atoms with Crippen molar-refractivity contribution in [2.75, 3.05) is 26.3 Å². The number of carboxylic acids is 1. The van der Waals surface area contributed by atoms with Crippen molar-refractivity contribution >= 4 is 11.9 Å². The first-order chi connectivity index (χ1) is 12.1. The fraction of sp³-hybridized carbons (Fsp3) is 0.579. The van der Waals surface area contributed by atoms with Gasteiger partial charge >= 0.3 is 5.97 Å². The number of rotatable bonds is 5. The molecule has 2 N–H and O–H groups in total. The summed E-state index contributed by atoms with van der Waals surface area (Å²) in [6.45, 7) is 3.86. The van der Waals surface area contributed by atoms with Gasteiger partial charge in [0.1, 0.15) is 5.54 Å². The van der Waals surface area contributed by atoms with Gasteiger partial charge in [0.15, 0.2) is 0 Å². The maximum atomic E-state index is 12.5. The molecule has 0 spiro atoms. The smallest absolute Gasteiger partial charge is 0.329 e. The van der Waals surface area contributed by atoms with Gasteiger partial charge in [0.05, 0.1) is 0 Å². The van der Waals surface area contributed by atoms with Gasteiger partial charge in [0.2, 0.25) is 0 Å². The van der Waals surface area contributed by atoms with Crippen LogP contribution in [-0.2, 0) is 16.1 Å². The zero-order valence-corrected chi connectivity index (χ0v) is 14.5. The summed E-state index contributed by atoms with van der Waals surface area (Å²) in [5, 5.41) is 12.3. The van der Waals surface area contributed by atoms with Crippen LogP contribution in [-0.4, -0.2) is 53.7 Å². The third kappa shape index (κ3) is 4.38. The van der Waals surface area contributed by atoms with Gasteiger partial charge < -0.3 is 15.2 Å². The van der Waals surface area contributed by atoms with E-state index in [1.807, 2.05) is 12.1 Å². The Labute approximate surface area is 148 Å². The standard InChI is InChI=1S/C19H26N2O4/c22-17(20-19(18(23)24)8-12-25-13-9-19)16-6-4-15(5-7-16)14-21-10-2-1-3-11-21/h4-7H,1-3,8-14H2,(H,20,22)(H,23,24). The Morgan fingerprint density at radius 2 is 1.72 bits per heavy atom. The number of aliphatic carboxylic acids is 1. The van der Waals surface area contributed by atoms with Crippen LogP contribution in [0.5, 0.6) is 0 Å². The maximum absolute atomic E-state index is 12.5. The molecule has 2 aliphatic heterocycles. The summed E-state index contributed by atoms with van der Waals surface area (Å²) >= 11 is 0. The topological polar surface area (TPSA) is 78.9 Å². The normalized spacial score (nSPS) is 20.8. The second kappa shape index (κ2) is 7.97. The first-order valence-electron chi connectivity index (χ1n) is 9.04. The molecule has 0 bridgehead atoms. The van der Waals surface area contributed by atoms with Gasteiger partial charge in [-0.05, 0) is 43.6 Å². The van der Waals surface area contributed by atoms with Gasteiger partial charge in [-0.15, -0.1) is 0 Å². The summed E-state index contributed by atoms with van der Waals surface area (Å²) < 4.78 is 5.23. The summed E-state index contributed by atoms with van der Waals surface area (Å²) in [6, 6.07) is 7.48. The quantitative estimate of drug-likeness (QED) is 0.853. The predicted molar refractivity (Wildman–Crippen MR) is 93.5 cm³/mol. The number of ether oxygens (including phenoxy) is 1. The van der Waals surface area contributed by atoms with Crippen molar-refractivity contribution in [3.8, 4) is 0 Å². The number of nitrogens with one attached hydrogen (secondary N) is 1. The molecule has 3 rings (SSSR count). The highest BCUT2D eigenvalue weighted by Crippen LogP contribution is 2.22. The van der Waals surface area contributed by atoms with E-state index >= 15 is 0 Å². The lowest BCUT2D eigenvalue weighted by Crippen LogP contribution is -2.57. The van der Waals surface area contributed by atoms with Crippen molar-refractivity contribution in [3.05, 3.63) is 35.4 Å². The molecule has 2 fully saturated rings. The number of piperidine rings is 1. The SMILES string of the molecule is O=C(NC1(C(=O)O)CCOCC1)c1ccc(CN2CCCCC2)cc1. The largest absolute Gasteiger partial charge is 0.480 e. The van der Waals surface area contributed by atoms with Crippen LogP contribution in [0.1, 0.15) is 48.0 Å². The number of hydrogen-bond donors (Lipinski definition) is 2. The number of carbonyl (C=O) groups is 2. The second-order valence-electron chi connectivity index (χ2n) is 6.99. The average molecular weight is 346 g/mol. The van der Waals surface area contributed by atoms with Crippen LogP contribution in [0.15, 0.2) is 24.3 Å². The molecule has 25 heavy (non-hydrogen) atoms. The first-order valence-corrected chi connectivity index (χ1v) is 9.04. The average Bonchev–Trinajstić information content (AvgIpc) is 2.64. The maximum Gasteiger partial charge on any atom is 0.329 e. The Hall–Kier alpha value is -1.92. The molecule has 136 valence electrons. The van der Waals surface area contributed by atoms with Crippen LogP contribution in [0.25, 0.3) is 0 Å². The number of benzene rings is 1. The molecular formula is C19H26N2O4. The molecule has 0 saturated carbocycles. The van der Waals surface area contributed by atoms with Gasteiger partial charge in [0.25, 0.3) is 5.91 Å². The Morgan fingerprint density at radius 3 is 2.32 bits per heavy atom. The third-order valence-corrected chi connectivity index (χ3v) is 5.18. The van der Waals surface area contributed by atoms with Crippen molar-refractivity contribution < 1.29 is 19.4 Å². The summed E-state index contributed by atoms with van der Waals surface area (Å²) in [4.78, 5) is 26.6. The van der Waals surface area contributed by atoms with Crippen molar-refractivity contribution in [2.24, 2.45) is 0 Å². The fourth-order valence-electron chi connectivity index (χ4n) is 3.54. The first kappa shape index (κ1) is 17.9. The van der Waals surface area contributed by atoms with Crippen LogP contribution in [0, 0.1) is 0 Å². The Bertz CT molecular complexity index is 602. The lowest BCUT2D eigenvalue weighted by Gasteiger charge is -2.33. The van der Waals surface area contributed by atoms with Crippen LogP contribution in [0.2, 0.25) is 0 Å². The third-order valence-electron chi connectivity index (χ3n) is 5.18.